The van der Waals surface area contributed by atoms with Crippen molar-refractivity contribution in [2.75, 3.05) is 26.2 Å². The zero-order chi connectivity index (χ0) is 91.1. The monoisotopic (exact) mass is 1760 g/mol. The van der Waals surface area contributed by atoms with Crippen LogP contribution in [0.25, 0.3) is 90.2 Å². The molecule has 0 aliphatic carbocycles. The van der Waals surface area contributed by atoms with Crippen LogP contribution in [0.2, 0.25) is 0 Å². The molecule has 0 saturated heterocycles. The topological polar surface area (TPSA) is 437 Å². The number of nitrogens with zero attached hydrogens (tertiary/aromatic N) is 14. The highest BCUT2D eigenvalue weighted by atomic mass is 19.4. The van der Waals surface area contributed by atoms with Crippen molar-refractivity contribution in [1.29, 1.82) is 0 Å². The van der Waals surface area contributed by atoms with Gasteiger partial charge in [0.25, 0.3) is 22.2 Å². The Hall–Kier alpha value is -14.6. The van der Waals surface area contributed by atoms with E-state index < -0.39 is 64.1 Å². The van der Waals surface area contributed by atoms with Gasteiger partial charge in [0.15, 0.2) is 46.1 Å². The number of nitrogens with one attached hydrogen (secondary N) is 8. The van der Waals surface area contributed by atoms with Crippen LogP contribution in [-0.4, -0.2) is 134 Å². The van der Waals surface area contributed by atoms with Crippen molar-refractivity contribution in [3.8, 4) is 63.3 Å². The van der Waals surface area contributed by atoms with Crippen LogP contribution < -0.4 is 80.5 Å². The fraction of sp³-hybridized carbons (Fsp3) is 0.286. The second-order valence-corrected chi connectivity index (χ2v) is 29.5. The van der Waals surface area contributed by atoms with Crippen molar-refractivity contribution >= 4 is 44.1 Å². The first-order valence-corrected chi connectivity index (χ1v) is 39.1. The molecule has 0 radical (unpaired) electrons. The molecule has 0 fully saturated rings. The molecule has 1 aromatic heterocycles. The number of fused-ring (bicyclic) bond motifs is 8. The Kier molecular flexibility index (Phi) is 26.9. The Balaban J connectivity index is 0.000000145. The van der Waals surface area contributed by atoms with Gasteiger partial charge in [-0.3, -0.25) is 39.1 Å². The number of para-hydroxylation sites is 1. The van der Waals surface area contributed by atoms with Gasteiger partial charge in [-0.1, -0.05) is 52.8 Å². The summed E-state index contributed by atoms with van der Waals surface area (Å²) in [5.74, 6) is -0.0868. The SMILES string of the molecule is Cc1cc2nc3c(=O)[nH]c(=O)nc-3n(CCNCc3ccc(OC(F)(F)F)cc3)c2cc1C.Cc1cc2nc3c(=O)[nH]c(=O)nc-3n(CCNCc3cccc(OC(F)(F)F)c3)c2cc1C.Cc1cc2nc3c(=O)[nH]c(=O)nc-3n(CCNCc3ccccc3OC(F)(F)F)c2cc1C.Cc1cc2nc3c(=O)[nH]c(=O)nc-3n(CCNCc3nonc3C)c2cc1C. The summed E-state index contributed by atoms with van der Waals surface area (Å²) >= 11 is 0. The van der Waals surface area contributed by atoms with Gasteiger partial charge >= 0.3 is 41.8 Å². The molecule has 0 bridgehead atoms. The molecule has 8 aromatic rings. The van der Waals surface area contributed by atoms with Crippen molar-refractivity contribution in [3.63, 3.8) is 0 Å². The van der Waals surface area contributed by atoms with Gasteiger partial charge in [0, 0.05) is 84.1 Å². The molecule has 8 N–H and O–H groups in total. The van der Waals surface area contributed by atoms with E-state index in [0.29, 0.717) is 103 Å². The van der Waals surface area contributed by atoms with Crippen molar-refractivity contribution < 1.29 is 58.4 Å². The largest absolute Gasteiger partial charge is 0.573 e. The molecular formula is C84H79F9N22O12. The van der Waals surface area contributed by atoms with Crippen LogP contribution in [-0.2, 0) is 52.4 Å². The summed E-state index contributed by atoms with van der Waals surface area (Å²) < 4.78 is 136. The standard InChI is InChI=1S/3C22H20F3N5O3.C18H19N7O3/c1-12-9-16-17(10-13(12)2)30(19-18(27-16)20(31)29-21(32)28-19)8-7-26-11-14-3-5-15(6-4-14)33-22(23,24)25;1-12-8-16-17(9-13(12)2)30(19-18(27-16)20(31)29-21(32)28-19)7-6-26-11-14-4-3-5-15(10-14)33-22(23,24)25;1-12-9-15-16(10-13(12)2)30(19-18(27-15)20(31)29-21(32)28-19)8-7-26-11-14-5-3-4-6-17(14)33-22(23,24)25;1-9-6-12-14(7-10(9)2)25(5-4-19-8-13-11(3)23-28-24-13)16-15(20-12)17(26)22-18(27)21-16/h3-6,9-10,26H,7-8,11H2,1-2H3,(H,29,31,32);3-5,8-10,26H,6-7,11H2,1-2H3,(H,29,31,32);3-6,9-10,26H,7-8,11H2,1-2H3,(H,29,31,32);6-7,19H,4-5,8H2,1-3H3,(H,22,26,27). The lowest BCUT2D eigenvalue weighted by Gasteiger charge is -2.18. The van der Waals surface area contributed by atoms with Gasteiger partial charge in [-0.25, -0.2) is 43.7 Å². The number of hydrogen-bond donors (Lipinski definition) is 8. The van der Waals surface area contributed by atoms with E-state index in [1.54, 1.807) is 25.8 Å². The fourth-order valence-corrected chi connectivity index (χ4v) is 13.7. The summed E-state index contributed by atoms with van der Waals surface area (Å²) in [5.41, 5.74) is 11.7. The third-order valence-corrected chi connectivity index (χ3v) is 20.4. The van der Waals surface area contributed by atoms with Crippen LogP contribution in [0.15, 0.2) is 164 Å². The van der Waals surface area contributed by atoms with E-state index in [1.165, 1.54) is 60.7 Å². The van der Waals surface area contributed by atoms with Crippen LogP contribution >= 0.6 is 0 Å². The molecule has 660 valence electrons. The molecule has 8 aliphatic rings. The third-order valence-electron chi connectivity index (χ3n) is 20.4. The molecule has 0 amide bonds. The first-order valence-electron chi connectivity index (χ1n) is 39.1. The van der Waals surface area contributed by atoms with Gasteiger partial charge in [0.2, 0.25) is 0 Å². The van der Waals surface area contributed by atoms with Gasteiger partial charge in [-0.2, -0.15) is 19.9 Å². The second kappa shape index (κ2) is 37.9. The van der Waals surface area contributed by atoms with Gasteiger partial charge in [-0.05, 0) is 197 Å². The molecule has 0 spiro atoms. The summed E-state index contributed by atoms with van der Waals surface area (Å²) in [6, 6.07) is 32.4. The number of aryl methyl sites for hydroxylation is 9. The van der Waals surface area contributed by atoms with E-state index in [4.69, 9.17) is 4.63 Å². The van der Waals surface area contributed by atoms with Gasteiger partial charge in [0.1, 0.15) is 28.6 Å². The molecule has 8 aliphatic heterocycles. The van der Waals surface area contributed by atoms with Crippen LogP contribution in [0.1, 0.15) is 72.6 Å². The summed E-state index contributed by atoms with van der Waals surface area (Å²) in [7, 11) is 0. The summed E-state index contributed by atoms with van der Waals surface area (Å²) in [6.07, 6.45) is -14.3. The number of hydrogen-bond acceptors (Lipinski definition) is 26. The minimum absolute atomic E-state index is 0.0364. The normalized spacial score (nSPS) is 11.8. The number of alkyl halides is 9. The van der Waals surface area contributed by atoms with E-state index >= 15 is 0 Å². The van der Waals surface area contributed by atoms with Crippen molar-refractivity contribution in [2.24, 2.45) is 0 Å². The maximum Gasteiger partial charge on any atom is 0.573 e. The molecule has 43 heteroatoms. The highest BCUT2D eigenvalue weighted by Crippen LogP contribution is 2.32. The highest BCUT2D eigenvalue weighted by molar-refractivity contribution is 5.84. The number of aromatic amines is 4. The highest BCUT2D eigenvalue weighted by Gasteiger charge is 2.34. The number of ether oxygens (including phenoxy) is 3. The van der Waals surface area contributed by atoms with E-state index in [9.17, 15) is 77.9 Å². The second-order valence-electron chi connectivity index (χ2n) is 29.5. The van der Waals surface area contributed by atoms with Crippen molar-refractivity contribution in [2.45, 2.75) is 134 Å². The molecule has 127 heavy (non-hydrogen) atoms. The minimum Gasteiger partial charge on any atom is -0.406 e. The molecule has 0 atom stereocenters. The van der Waals surface area contributed by atoms with E-state index in [1.807, 2.05) is 115 Å². The van der Waals surface area contributed by atoms with Crippen molar-refractivity contribution in [3.05, 3.63) is 277 Å². The third kappa shape index (κ3) is 22.1. The first kappa shape index (κ1) is 90.1. The van der Waals surface area contributed by atoms with E-state index in [-0.39, 0.29) is 83.0 Å². The Morgan fingerprint density at radius 1 is 0.339 bits per heavy atom. The number of rotatable bonds is 23. The van der Waals surface area contributed by atoms with Crippen LogP contribution in [0, 0.1) is 62.3 Å². The van der Waals surface area contributed by atoms with E-state index in [2.05, 4.69) is 106 Å². The summed E-state index contributed by atoms with van der Waals surface area (Å²) in [4.78, 5) is 139. The Morgan fingerprint density at radius 2 is 0.669 bits per heavy atom. The zero-order valence-corrected chi connectivity index (χ0v) is 69.1. The van der Waals surface area contributed by atoms with E-state index in [0.717, 1.165) is 72.5 Å². The summed E-state index contributed by atoms with van der Waals surface area (Å²) in [6.45, 7) is 21.9. The van der Waals surface area contributed by atoms with Gasteiger partial charge in [-0.15, -0.1) is 39.5 Å². The first-order chi connectivity index (χ1) is 60.3. The van der Waals surface area contributed by atoms with Crippen LogP contribution in [0.5, 0.6) is 17.2 Å². The smallest absolute Gasteiger partial charge is 0.406 e. The Labute approximate surface area is 709 Å². The lowest BCUT2D eigenvalue weighted by Crippen LogP contribution is -2.30. The van der Waals surface area contributed by atoms with Crippen LogP contribution in [0.4, 0.5) is 39.5 Å². The Bertz CT molecular complexity index is 7160. The fourth-order valence-electron chi connectivity index (χ4n) is 13.7. The van der Waals surface area contributed by atoms with Crippen LogP contribution in [0.3, 0.4) is 0 Å². The van der Waals surface area contributed by atoms with Crippen molar-refractivity contribution in [1.82, 2.24) is 110 Å². The lowest BCUT2D eigenvalue weighted by atomic mass is 10.1. The predicted octanol–water partition coefficient (Wildman–Crippen LogP) is 9.35. The number of aromatic nitrogens is 18. The Morgan fingerprint density at radius 3 is 1.02 bits per heavy atom. The molecule has 0 saturated carbocycles. The quantitative estimate of drug-likeness (QED) is 0.0168. The molecule has 9 heterocycles. The van der Waals surface area contributed by atoms with Gasteiger partial charge < -0.3 is 53.7 Å². The maximum absolute atomic E-state index is 12.6. The number of halogens is 9. The molecule has 0 unspecified atom stereocenters. The van der Waals surface area contributed by atoms with Gasteiger partial charge in [0.05, 0.1) is 44.1 Å². The maximum atomic E-state index is 12.6. The number of H-pyrrole nitrogens is 4. The number of benzene rings is 7. The average Bonchev–Trinajstić information content (AvgIpc) is 0.774. The average molecular weight is 1760 g/mol. The predicted molar refractivity (Wildman–Crippen MR) is 447 cm³/mol. The molecule has 7 aromatic carbocycles. The minimum atomic E-state index is -4.79. The molecular weight excluding hydrogens is 1680 g/mol. The molecule has 34 nitrogen and oxygen atoms in total. The summed E-state index contributed by atoms with van der Waals surface area (Å²) in [5, 5.41) is 20.3. The lowest BCUT2D eigenvalue weighted by molar-refractivity contribution is -0.275. The zero-order valence-electron chi connectivity index (χ0n) is 69.1. The molecule has 16 rings (SSSR count).